The third-order valence-corrected chi connectivity index (χ3v) is 4.90. The van der Waals surface area contributed by atoms with Gasteiger partial charge in [-0.05, 0) is 55.9 Å². The van der Waals surface area contributed by atoms with Gasteiger partial charge in [-0.3, -0.25) is 4.99 Å². The van der Waals surface area contributed by atoms with Gasteiger partial charge in [-0.1, -0.05) is 6.92 Å². The topological polar surface area (TPSA) is 62.5 Å². The average Bonchev–Trinajstić information content (AvgIpc) is 3.12. The summed E-state index contributed by atoms with van der Waals surface area (Å²) >= 11 is 0. The van der Waals surface area contributed by atoms with E-state index in [1.54, 1.807) is 25.4 Å². The summed E-state index contributed by atoms with van der Waals surface area (Å²) in [7, 11) is 1.80. The SMILES string of the molecule is CN=C(NCCc1coc(-c2ccc(F)cc2)n1)NC1CCC(C)CC1. The number of rotatable bonds is 5. The van der Waals surface area contributed by atoms with Crippen LogP contribution in [-0.4, -0.2) is 30.6 Å². The molecule has 0 bridgehead atoms. The molecule has 2 N–H and O–H groups in total. The van der Waals surface area contributed by atoms with Crippen molar-refractivity contribution in [3.63, 3.8) is 0 Å². The Labute approximate surface area is 154 Å². The highest BCUT2D eigenvalue weighted by molar-refractivity contribution is 5.79. The quantitative estimate of drug-likeness (QED) is 0.631. The molecule has 26 heavy (non-hydrogen) atoms. The molecule has 1 aliphatic carbocycles. The highest BCUT2D eigenvalue weighted by Gasteiger charge is 2.18. The molecule has 1 heterocycles. The lowest BCUT2D eigenvalue weighted by molar-refractivity contribution is 0.329. The van der Waals surface area contributed by atoms with Crippen LogP contribution in [0.1, 0.15) is 38.3 Å². The molecule has 1 saturated carbocycles. The first-order chi connectivity index (χ1) is 12.6. The van der Waals surface area contributed by atoms with Gasteiger partial charge in [0.1, 0.15) is 12.1 Å². The summed E-state index contributed by atoms with van der Waals surface area (Å²) < 4.78 is 18.5. The number of benzene rings is 1. The Morgan fingerprint density at radius 3 is 2.65 bits per heavy atom. The molecule has 6 heteroatoms. The van der Waals surface area contributed by atoms with Gasteiger partial charge < -0.3 is 15.1 Å². The second-order valence-corrected chi connectivity index (χ2v) is 7.00. The standard InChI is InChI=1S/C20H27FN4O/c1-14-3-9-17(10-4-14)25-20(22-2)23-12-11-18-13-26-19(24-18)15-5-7-16(21)8-6-15/h5-8,13-14,17H,3-4,9-12H2,1-2H3,(H2,22,23,25). The fraction of sp³-hybridized carbons (Fsp3) is 0.500. The summed E-state index contributed by atoms with van der Waals surface area (Å²) in [5.74, 6) is 1.92. The van der Waals surface area contributed by atoms with Crippen LogP contribution in [-0.2, 0) is 6.42 Å². The maximum atomic E-state index is 13.0. The van der Waals surface area contributed by atoms with E-state index in [1.165, 1.54) is 37.8 Å². The van der Waals surface area contributed by atoms with Gasteiger partial charge in [0, 0.05) is 31.6 Å². The summed E-state index contributed by atoms with van der Waals surface area (Å²) in [4.78, 5) is 8.78. The number of halogens is 1. The molecule has 2 aromatic rings. The van der Waals surface area contributed by atoms with Crippen molar-refractivity contribution in [2.75, 3.05) is 13.6 Å². The zero-order valence-corrected chi connectivity index (χ0v) is 15.5. The third-order valence-electron chi connectivity index (χ3n) is 4.90. The highest BCUT2D eigenvalue weighted by Crippen LogP contribution is 2.23. The number of oxazole rings is 1. The first-order valence-electron chi connectivity index (χ1n) is 9.31. The number of guanidine groups is 1. The fourth-order valence-corrected chi connectivity index (χ4v) is 3.25. The number of nitrogens with one attached hydrogen (secondary N) is 2. The monoisotopic (exact) mass is 358 g/mol. The Morgan fingerprint density at radius 1 is 1.23 bits per heavy atom. The predicted octanol–water partition coefficient (Wildman–Crippen LogP) is 3.77. The Balaban J connectivity index is 1.46. The molecule has 3 rings (SSSR count). The van der Waals surface area contributed by atoms with Gasteiger partial charge in [0.25, 0.3) is 0 Å². The Hall–Kier alpha value is -2.37. The average molecular weight is 358 g/mol. The summed E-state index contributed by atoms with van der Waals surface area (Å²) in [5.41, 5.74) is 1.63. The zero-order chi connectivity index (χ0) is 18.4. The Morgan fingerprint density at radius 2 is 1.96 bits per heavy atom. The van der Waals surface area contributed by atoms with Crippen LogP contribution >= 0.6 is 0 Å². The van der Waals surface area contributed by atoms with E-state index >= 15 is 0 Å². The summed E-state index contributed by atoms with van der Waals surface area (Å²) in [5, 5.41) is 6.85. The molecule has 1 aromatic heterocycles. The molecule has 1 fully saturated rings. The molecule has 1 aliphatic rings. The van der Waals surface area contributed by atoms with E-state index in [9.17, 15) is 4.39 Å². The van der Waals surface area contributed by atoms with Crippen LogP contribution in [0.25, 0.3) is 11.5 Å². The van der Waals surface area contributed by atoms with Gasteiger partial charge in [0.15, 0.2) is 5.96 Å². The van der Waals surface area contributed by atoms with Crippen molar-refractivity contribution in [2.24, 2.45) is 10.9 Å². The molecule has 0 spiro atoms. The maximum Gasteiger partial charge on any atom is 0.226 e. The lowest BCUT2D eigenvalue weighted by Crippen LogP contribution is -2.45. The van der Waals surface area contributed by atoms with Gasteiger partial charge in [-0.2, -0.15) is 0 Å². The van der Waals surface area contributed by atoms with Crippen LogP contribution in [0.3, 0.4) is 0 Å². The van der Waals surface area contributed by atoms with E-state index < -0.39 is 0 Å². The molecule has 0 unspecified atom stereocenters. The minimum absolute atomic E-state index is 0.268. The Kier molecular flexibility index (Phi) is 6.26. The van der Waals surface area contributed by atoms with Crippen molar-refractivity contribution in [2.45, 2.75) is 45.1 Å². The van der Waals surface area contributed by atoms with Gasteiger partial charge in [-0.25, -0.2) is 9.37 Å². The molecule has 0 atom stereocenters. The molecule has 0 amide bonds. The number of aromatic nitrogens is 1. The van der Waals surface area contributed by atoms with E-state index in [1.807, 2.05) is 0 Å². The number of nitrogens with zero attached hydrogens (tertiary/aromatic N) is 2. The molecule has 0 saturated heterocycles. The Bertz CT molecular complexity index is 718. The van der Waals surface area contributed by atoms with Crippen molar-refractivity contribution >= 4 is 5.96 Å². The molecule has 0 radical (unpaired) electrons. The van der Waals surface area contributed by atoms with E-state index in [2.05, 4.69) is 27.5 Å². The number of aliphatic imine (C=N–C) groups is 1. The van der Waals surface area contributed by atoms with E-state index in [0.717, 1.165) is 36.1 Å². The predicted molar refractivity (Wildman–Crippen MR) is 102 cm³/mol. The number of hydrogen-bond acceptors (Lipinski definition) is 3. The van der Waals surface area contributed by atoms with Crippen LogP contribution in [0.2, 0.25) is 0 Å². The molecule has 5 nitrogen and oxygen atoms in total. The van der Waals surface area contributed by atoms with Crippen LogP contribution in [0.4, 0.5) is 4.39 Å². The van der Waals surface area contributed by atoms with Gasteiger partial charge >= 0.3 is 0 Å². The van der Waals surface area contributed by atoms with Gasteiger partial charge in [0.2, 0.25) is 5.89 Å². The van der Waals surface area contributed by atoms with E-state index in [0.29, 0.717) is 11.9 Å². The molecule has 140 valence electrons. The second-order valence-electron chi connectivity index (χ2n) is 7.00. The third kappa shape index (κ3) is 5.07. The molecular formula is C20H27FN4O. The molecule has 1 aromatic carbocycles. The normalized spacial score (nSPS) is 20.8. The first kappa shape index (κ1) is 18.4. The largest absolute Gasteiger partial charge is 0.444 e. The number of hydrogen-bond donors (Lipinski definition) is 2. The minimum Gasteiger partial charge on any atom is -0.444 e. The van der Waals surface area contributed by atoms with Crippen LogP contribution < -0.4 is 10.6 Å². The van der Waals surface area contributed by atoms with Crippen molar-refractivity contribution in [1.29, 1.82) is 0 Å². The molecule has 0 aliphatic heterocycles. The second kappa shape index (κ2) is 8.83. The molecular weight excluding hydrogens is 331 g/mol. The highest BCUT2D eigenvalue weighted by atomic mass is 19.1. The van der Waals surface area contributed by atoms with Gasteiger partial charge in [0.05, 0.1) is 5.69 Å². The van der Waals surface area contributed by atoms with Crippen LogP contribution in [0.5, 0.6) is 0 Å². The summed E-state index contributed by atoms with van der Waals surface area (Å²) in [6, 6.07) is 6.65. The first-order valence-corrected chi connectivity index (χ1v) is 9.31. The maximum absolute atomic E-state index is 13.0. The summed E-state index contributed by atoms with van der Waals surface area (Å²) in [6.45, 7) is 3.04. The lowest BCUT2D eigenvalue weighted by Gasteiger charge is -2.28. The van der Waals surface area contributed by atoms with Gasteiger partial charge in [-0.15, -0.1) is 0 Å². The van der Waals surface area contributed by atoms with Crippen LogP contribution in [0, 0.1) is 11.7 Å². The fourth-order valence-electron chi connectivity index (χ4n) is 3.25. The smallest absolute Gasteiger partial charge is 0.226 e. The van der Waals surface area contributed by atoms with E-state index in [-0.39, 0.29) is 5.82 Å². The van der Waals surface area contributed by atoms with Crippen molar-refractivity contribution in [3.8, 4) is 11.5 Å². The van der Waals surface area contributed by atoms with Crippen molar-refractivity contribution in [1.82, 2.24) is 15.6 Å². The van der Waals surface area contributed by atoms with Crippen LogP contribution in [0.15, 0.2) is 39.9 Å². The summed E-state index contributed by atoms with van der Waals surface area (Å²) in [6.07, 6.45) is 7.34. The van der Waals surface area contributed by atoms with Crippen molar-refractivity contribution < 1.29 is 8.81 Å². The zero-order valence-electron chi connectivity index (χ0n) is 15.5. The van der Waals surface area contributed by atoms with Crippen molar-refractivity contribution in [3.05, 3.63) is 42.0 Å². The van der Waals surface area contributed by atoms with E-state index in [4.69, 9.17) is 4.42 Å². The minimum atomic E-state index is -0.268. The lowest BCUT2D eigenvalue weighted by atomic mass is 9.87.